The van der Waals surface area contributed by atoms with Crippen molar-refractivity contribution in [3.8, 4) is 0 Å². The highest BCUT2D eigenvalue weighted by molar-refractivity contribution is 6.30. The first-order chi connectivity index (χ1) is 10.0. The van der Waals surface area contributed by atoms with Gasteiger partial charge in [0.25, 0.3) is 0 Å². The number of aliphatic hydroxyl groups excluding tert-OH is 1. The molecule has 0 bridgehead atoms. The molecule has 5 heteroatoms. The normalized spacial score (nSPS) is 13.0. The lowest BCUT2D eigenvalue weighted by atomic mass is 10.1. The van der Waals surface area contributed by atoms with E-state index in [-0.39, 0.29) is 12.5 Å². The maximum atomic E-state index is 10.0. The topological polar surface area (TPSA) is 70.6 Å². The van der Waals surface area contributed by atoms with Crippen LogP contribution in [0.3, 0.4) is 0 Å². The molecule has 0 heterocycles. The highest BCUT2D eigenvalue weighted by Crippen LogP contribution is 2.16. The number of nitrogens with one attached hydrogen (secondary N) is 1. The first-order valence-electron chi connectivity index (χ1n) is 6.62. The summed E-state index contributed by atoms with van der Waals surface area (Å²) in [5.74, 6) is 0.270. The molecule has 1 atom stereocenters. The molecule has 0 aromatic heterocycles. The molecule has 0 spiro atoms. The molecular formula is C16H18ClN3O. The highest BCUT2D eigenvalue weighted by Gasteiger charge is 2.06. The summed E-state index contributed by atoms with van der Waals surface area (Å²) >= 11 is 5.81. The largest absolute Gasteiger partial charge is 0.386 e. The molecule has 1 unspecified atom stereocenters. The van der Waals surface area contributed by atoms with Gasteiger partial charge in [-0.05, 0) is 36.8 Å². The Kier molecular flexibility index (Phi) is 5.20. The molecule has 4 nitrogen and oxygen atoms in total. The highest BCUT2D eigenvalue weighted by atomic mass is 35.5. The van der Waals surface area contributed by atoms with Crippen molar-refractivity contribution < 1.29 is 5.11 Å². The fourth-order valence-corrected chi connectivity index (χ4v) is 1.93. The van der Waals surface area contributed by atoms with E-state index in [0.717, 1.165) is 11.3 Å². The van der Waals surface area contributed by atoms with E-state index in [9.17, 15) is 5.11 Å². The van der Waals surface area contributed by atoms with Gasteiger partial charge in [-0.15, -0.1) is 0 Å². The number of nitrogens with two attached hydrogens (primary N) is 1. The number of hydrogen-bond donors (Lipinski definition) is 3. The van der Waals surface area contributed by atoms with Crippen LogP contribution >= 0.6 is 11.6 Å². The van der Waals surface area contributed by atoms with Crippen LogP contribution in [0.15, 0.2) is 53.5 Å². The molecule has 110 valence electrons. The number of halogens is 1. The Balaban J connectivity index is 1.93. The lowest BCUT2D eigenvalue weighted by Gasteiger charge is -2.10. The number of aliphatic hydroxyl groups is 1. The number of benzene rings is 2. The van der Waals surface area contributed by atoms with Crippen LogP contribution in [-0.4, -0.2) is 17.6 Å². The molecule has 2 aromatic rings. The second-order valence-corrected chi connectivity index (χ2v) is 5.22. The third-order valence-electron chi connectivity index (χ3n) is 3.01. The minimum atomic E-state index is -0.708. The van der Waals surface area contributed by atoms with E-state index in [1.165, 1.54) is 5.56 Å². The van der Waals surface area contributed by atoms with Gasteiger partial charge in [0.1, 0.15) is 0 Å². The van der Waals surface area contributed by atoms with Gasteiger partial charge in [0.05, 0.1) is 12.6 Å². The molecule has 4 N–H and O–H groups in total. The van der Waals surface area contributed by atoms with Crippen LogP contribution in [0.2, 0.25) is 5.02 Å². The van der Waals surface area contributed by atoms with Gasteiger partial charge in [-0.1, -0.05) is 41.4 Å². The van der Waals surface area contributed by atoms with Crippen molar-refractivity contribution >= 4 is 23.2 Å². The third-order valence-corrected chi connectivity index (χ3v) is 3.27. The summed E-state index contributed by atoms with van der Waals surface area (Å²) in [6, 6.07) is 14.8. The standard InChI is InChI=1S/C16H18ClN3O/c1-11-2-8-14(9-3-11)20-16(18)19-10-15(21)12-4-6-13(17)7-5-12/h2-9,15,21H,10H2,1H3,(H3,18,19,20). The van der Waals surface area contributed by atoms with Crippen LogP contribution in [0, 0.1) is 6.92 Å². The zero-order valence-corrected chi connectivity index (χ0v) is 12.5. The van der Waals surface area contributed by atoms with Crippen LogP contribution in [0.25, 0.3) is 0 Å². The van der Waals surface area contributed by atoms with Gasteiger partial charge in [-0.2, -0.15) is 0 Å². The Hall–Kier alpha value is -2.04. The van der Waals surface area contributed by atoms with Crippen LogP contribution < -0.4 is 11.1 Å². The smallest absolute Gasteiger partial charge is 0.193 e. The third kappa shape index (κ3) is 4.77. The summed E-state index contributed by atoms with van der Waals surface area (Å²) in [6.45, 7) is 2.20. The Bertz CT molecular complexity index is 608. The number of nitrogens with zero attached hydrogens (tertiary/aromatic N) is 1. The van der Waals surface area contributed by atoms with Crippen molar-refractivity contribution in [3.63, 3.8) is 0 Å². The maximum absolute atomic E-state index is 10.0. The molecule has 0 amide bonds. The van der Waals surface area contributed by atoms with E-state index in [2.05, 4.69) is 10.3 Å². The van der Waals surface area contributed by atoms with Gasteiger partial charge >= 0.3 is 0 Å². The number of hydrogen-bond acceptors (Lipinski definition) is 2. The predicted molar refractivity (Wildman–Crippen MR) is 87.7 cm³/mol. The molecule has 21 heavy (non-hydrogen) atoms. The summed E-state index contributed by atoms with van der Waals surface area (Å²) in [7, 11) is 0. The second-order valence-electron chi connectivity index (χ2n) is 4.78. The van der Waals surface area contributed by atoms with Crippen LogP contribution in [0.5, 0.6) is 0 Å². The van der Waals surface area contributed by atoms with Crippen molar-refractivity contribution in [1.82, 2.24) is 0 Å². The van der Waals surface area contributed by atoms with Crippen LogP contribution in [0.1, 0.15) is 17.2 Å². The first kappa shape index (κ1) is 15.4. The van der Waals surface area contributed by atoms with Gasteiger partial charge in [0.2, 0.25) is 0 Å². The van der Waals surface area contributed by atoms with E-state index in [0.29, 0.717) is 5.02 Å². The van der Waals surface area contributed by atoms with E-state index >= 15 is 0 Å². The monoisotopic (exact) mass is 303 g/mol. The molecule has 2 aromatic carbocycles. The summed E-state index contributed by atoms with van der Waals surface area (Å²) in [5.41, 5.74) is 8.60. The van der Waals surface area contributed by atoms with Crippen molar-refractivity contribution in [3.05, 3.63) is 64.7 Å². The van der Waals surface area contributed by atoms with Gasteiger partial charge in [-0.3, -0.25) is 4.99 Å². The zero-order chi connectivity index (χ0) is 15.2. The summed E-state index contributed by atoms with van der Waals surface area (Å²) < 4.78 is 0. The number of rotatable bonds is 4. The molecule has 0 radical (unpaired) electrons. The molecule has 0 saturated heterocycles. The minimum absolute atomic E-state index is 0.187. The lowest BCUT2D eigenvalue weighted by Crippen LogP contribution is -2.23. The summed E-state index contributed by atoms with van der Waals surface area (Å²) in [5, 5.41) is 13.6. The number of aliphatic imine (C=N–C) groups is 1. The maximum Gasteiger partial charge on any atom is 0.193 e. The van der Waals surface area contributed by atoms with E-state index < -0.39 is 6.10 Å². The number of guanidine groups is 1. The lowest BCUT2D eigenvalue weighted by molar-refractivity contribution is 0.187. The van der Waals surface area contributed by atoms with Crippen molar-refractivity contribution in [2.75, 3.05) is 11.9 Å². The zero-order valence-electron chi connectivity index (χ0n) is 11.8. The van der Waals surface area contributed by atoms with Gasteiger partial charge in [0, 0.05) is 10.7 Å². The van der Waals surface area contributed by atoms with E-state index in [4.69, 9.17) is 17.3 Å². The SMILES string of the molecule is Cc1ccc(NC(N)=NCC(O)c2ccc(Cl)cc2)cc1. The minimum Gasteiger partial charge on any atom is -0.386 e. The quantitative estimate of drug-likeness (QED) is 0.600. The Morgan fingerprint density at radius 2 is 1.81 bits per heavy atom. The Labute approximate surface area is 129 Å². The first-order valence-corrected chi connectivity index (χ1v) is 6.99. The average Bonchev–Trinajstić information content (AvgIpc) is 2.48. The van der Waals surface area contributed by atoms with E-state index in [1.54, 1.807) is 24.3 Å². The van der Waals surface area contributed by atoms with Crippen molar-refractivity contribution in [2.45, 2.75) is 13.0 Å². The molecule has 0 saturated carbocycles. The molecule has 0 aliphatic carbocycles. The van der Waals surface area contributed by atoms with Gasteiger partial charge in [0.15, 0.2) is 5.96 Å². The number of anilines is 1. The summed E-state index contributed by atoms with van der Waals surface area (Å²) in [4.78, 5) is 4.14. The molecule has 2 rings (SSSR count). The number of aryl methyl sites for hydroxylation is 1. The summed E-state index contributed by atoms with van der Waals surface area (Å²) in [6.07, 6.45) is -0.708. The molecule has 0 fully saturated rings. The van der Waals surface area contributed by atoms with Gasteiger partial charge in [-0.25, -0.2) is 0 Å². The second kappa shape index (κ2) is 7.11. The van der Waals surface area contributed by atoms with E-state index in [1.807, 2.05) is 31.2 Å². The Morgan fingerprint density at radius 3 is 2.43 bits per heavy atom. The van der Waals surface area contributed by atoms with Crippen molar-refractivity contribution in [1.29, 1.82) is 0 Å². The van der Waals surface area contributed by atoms with Crippen LogP contribution in [-0.2, 0) is 0 Å². The molecule has 0 aliphatic rings. The Morgan fingerprint density at radius 1 is 1.19 bits per heavy atom. The average molecular weight is 304 g/mol. The van der Waals surface area contributed by atoms with Crippen molar-refractivity contribution in [2.24, 2.45) is 10.7 Å². The fraction of sp³-hybridized carbons (Fsp3) is 0.188. The molecular weight excluding hydrogens is 286 g/mol. The fourth-order valence-electron chi connectivity index (χ4n) is 1.80. The molecule has 0 aliphatic heterocycles. The van der Waals surface area contributed by atoms with Crippen LogP contribution in [0.4, 0.5) is 5.69 Å². The van der Waals surface area contributed by atoms with Gasteiger partial charge < -0.3 is 16.2 Å². The predicted octanol–water partition coefficient (Wildman–Crippen LogP) is 3.11.